The molecule has 1 fully saturated rings. The molecule has 1 saturated heterocycles. The van der Waals surface area contributed by atoms with Crippen LogP contribution in [-0.4, -0.2) is 81.3 Å². The van der Waals surface area contributed by atoms with Crippen molar-refractivity contribution in [1.29, 1.82) is 0 Å². The van der Waals surface area contributed by atoms with Gasteiger partial charge in [-0.05, 0) is 23.8 Å². The highest BCUT2D eigenvalue weighted by molar-refractivity contribution is 14.0. The van der Waals surface area contributed by atoms with E-state index in [1.54, 1.807) is 27.5 Å². The summed E-state index contributed by atoms with van der Waals surface area (Å²) in [6.45, 7) is 5.45. The Kier molecular flexibility index (Phi) is 10.9. The number of aliphatic imine (C=N–C) groups is 1. The van der Waals surface area contributed by atoms with Gasteiger partial charge in [-0.2, -0.15) is 5.10 Å². The number of nitrogens with one attached hydrogen (secondary N) is 2. The Morgan fingerprint density at radius 2 is 1.97 bits per heavy atom. The third-order valence-corrected chi connectivity index (χ3v) is 5.16. The zero-order chi connectivity index (χ0) is 21.2. The highest BCUT2D eigenvalue weighted by atomic mass is 127. The van der Waals surface area contributed by atoms with E-state index in [0.29, 0.717) is 6.54 Å². The van der Waals surface area contributed by atoms with Gasteiger partial charge in [-0.3, -0.25) is 14.6 Å². The van der Waals surface area contributed by atoms with E-state index in [4.69, 9.17) is 14.2 Å². The number of nitrogens with zero attached hydrogens (tertiary/aromatic N) is 4. The van der Waals surface area contributed by atoms with Crippen molar-refractivity contribution >= 4 is 29.9 Å². The summed E-state index contributed by atoms with van der Waals surface area (Å²) in [6, 6.07) is 8.17. The first-order chi connectivity index (χ1) is 14.7. The molecule has 2 heterocycles. The van der Waals surface area contributed by atoms with Gasteiger partial charge in [0.15, 0.2) is 17.5 Å². The van der Waals surface area contributed by atoms with Gasteiger partial charge in [0.1, 0.15) is 0 Å². The van der Waals surface area contributed by atoms with E-state index >= 15 is 0 Å². The zero-order valence-electron chi connectivity index (χ0n) is 18.4. The molecule has 1 aromatic carbocycles. The lowest BCUT2D eigenvalue weighted by Crippen LogP contribution is -2.46. The van der Waals surface area contributed by atoms with Gasteiger partial charge >= 0.3 is 0 Å². The molecule has 9 nitrogen and oxygen atoms in total. The van der Waals surface area contributed by atoms with Gasteiger partial charge in [-0.15, -0.1) is 24.0 Å². The standard InChI is InChI=1S/C21H32N6O3.HI/c1-22-21(23-8-10-27-9-4-7-25-27)24-16-18(26-11-13-30-14-12-26)17-5-6-19(28-2)20(15-17)29-3;/h4-7,9,15,18H,8,10-14,16H2,1-3H3,(H2,22,23,24);1H. The molecule has 0 amide bonds. The van der Waals surface area contributed by atoms with Gasteiger partial charge in [0, 0.05) is 45.6 Å². The Labute approximate surface area is 201 Å². The molecule has 31 heavy (non-hydrogen) atoms. The molecule has 0 bridgehead atoms. The van der Waals surface area contributed by atoms with Crippen molar-refractivity contribution < 1.29 is 14.2 Å². The first-order valence-corrected chi connectivity index (χ1v) is 10.2. The smallest absolute Gasteiger partial charge is 0.191 e. The average molecular weight is 544 g/mol. The van der Waals surface area contributed by atoms with Crippen molar-refractivity contribution in [3.8, 4) is 11.5 Å². The van der Waals surface area contributed by atoms with Crippen LogP contribution in [-0.2, 0) is 11.3 Å². The van der Waals surface area contributed by atoms with E-state index in [1.165, 1.54) is 0 Å². The van der Waals surface area contributed by atoms with Crippen LogP contribution in [0.25, 0.3) is 0 Å². The number of aromatic nitrogens is 2. The molecule has 172 valence electrons. The van der Waals surface area contributed by atoms with E-state index in [1.807, 2.05) is 23.0 Å². The molecular formula is C21H33IN6O3. The number of halogens is 1. The molecule has 0 radical (unpaired) electrons. The van der Waals surface area contributed by atoms with Crippen molar-refractivity contribution in [3.63, 3.8) is 0 Å². The lowest BCUT2D eigenvalue weighted by atomic mass is 10.0. The van der Waals surface area contributed by atoms with Crippen LogP contribution in [0.15, 0.2) is 41.7 Å². The molecule has 1 unspecified atom stereocenters. The van der Waals surface area contributed by atoms with Gasteiger partial charge in [0.05, 0.1) is 40.0 Å². The minimum Gasteiger partial charge on any atom is -0.493 e. The second-order valence-electron chi connectivity index (χ2n) is 6.93. The first-order valence-electron chi connectivity index (χ1n) is 10.2. The quantitative estimate of drug-likeness (QED) is 0.283. The molecule has 3 rings (SSSR count). The second kappa shape index (κ2) is 13.4. The van der Waals surface area contributed by atoms with Crippen LogP contribution in [0.2, 0.25) is 0 Å². The maximum Gasteiger partial charge on any atom is 0.191 e. The van der Waals surface area contributed by atoms with Crippen LogP contribution < -0.4 is 20.1 Å². The van der Waals surface area contributed by atoms with Gasteiger partial charge in [-0.25, -0.2) is 0 Å². The predicted molar refractivity (Wildman–Crippen MR) is 132 cm³/mol. The van der Waals surface area contributed by atoms with Crippen molar-refractivity contribution in [2.45, 2.75) is 12.6 Å². The van der Waals surface area contributed by atoms with Crippen LogP contribution in [0.1, 0.15) is 11.6 Å². The lowest BCUT2D eigenvalue weighted by Gasteiger charge is -2.35. The predicted octanol–water partition coefficient (Wildman–Crippen LogP) is 1.76. The van der Waals surface area contributed by atoms with Crippen molar-refractivity contribution in [2.75, 3.05) is 60.7 Å². The highest BCUT2D eigenvalue weighted by Crippen LogP contribution is 2.32. The average Bonchev–Trinajstić information content (AvgIpc) is 3.32. The summed E-state index contributed by atoms with van der Waals surface area (Å²) in [4.78, 5) is 6.78. The van der Waals surface area contributed by atoms with E-state index < -0.39 is 0 Å². The number of hydrogen-bond donors (Lipinski definition) is 2. The fourth-order valence-electron chi connectivity index (χ4n) is 3.54. The Bertz CT molecular complexity index is 796. The monoisotopic (exact) mass is 544 g/mol. The Hall–Kier alpha value is -2.05. The molecule has 0 aliphatic carbocycles. The molecule has 1 aliphatic heterocycles. The van der Waals surface area contributed by atoms with Crippen LogP contribution in [0.4, 0.5) is 0 Å². The Morgan fingerprint density at radius 1 is 1.19 bits per heavy atom. The minimum atomic E-state index is 0. The van der Waals surface area contributed by atoms with Crippen LogP contribution in [0, 0.1) is 0 Å². The molecule has 2 aromatic rings. The second-order valence-corrected chi connectivity index (χ2v) is 6.93. The summed E-state index contributed by atoms with van der Waals surface area (Å²) in [5.74, 6) is 2.22. The Balaban J connectivity index is 0.00000341. The van der Waals surface area contributed by atoms with Crippen molar-refractivity contribution in [2.24, 2.45) is 4.99 Å². The highest BCUT2D eigenvalue weighted by Gasteiger charge is 2.24. The molecule has 0 saturated carbocycles. The normalized spacial score (nSPS) is 15.6. The molecular weight excluding hydrogens is 511 g/mol. The molecule has 1 aromatic heterocycles. The van der Waals surface area contributed by atoms with E-state index in [9.17, 15) is 0 Å². The number of methoxy groups -OCH3 is 2. The van der Waals surface area contributed by atoms with Gasteiger partial charge in [0.2, 0.25) is 0 Å². The maximum atomic E-state index is 5.55. The van der Waals surface area contributed by atoms with Crippen molar-refractivity contribution in [3.05, 3.63) is 42.2 Å². The maximum absolute atomic E-state index is 5.55. The van der Waals surface area contributed by atoms with Crippen LogP contribution in [0.3, 0.4) is 0 Å². The number of ether oxygens (including phenoxy) is 3. The zero-order valence-corrected chi connectivity index (χ0v) is 20.7. The summed E-state index contributed by atoms with van der Waals surface area (Å²) in [5, 5.41) is 11.0. The molecule has 1 atom stereocenters. The third-order valence-electron chi connectivity index (χ3n) is 5.16. The summed E-state index contributed by atoms with van der Waals surface area (Å²) >= 11 is 0. The number of guanidine groups is 1. The topological polar surface area (TPSA) is 85.2 Å². The summed E-state index contributed by atoms with van der Waals surface area (Å²) < 4.78 is 18.4. The van der Waals surface area contributed by atoms with Gasteiger partial charge in [0.25, 0.3) is 0 Å². The van der Waals surface area contributed by atoms with E-state index in [-0.39, 0.29) is 30.0 Å². The van der Waals surface area contributed by atoms with Gasteiger partial charge < -0.3 is 24.8 Å². The molecule has 0 spiro atoms. The summed E-state index contributed by atoms with van der Waals surface area (Å²) in [5.41, 5.74) is 1.16. The summed E-state index contributed by atoms with van der Waals surface area (Å²) in [7, 11) is 5.09. The largest absolute Gasteiger partial charge is 0.493 e. The molecule has 1 aliphatic rings. The lowest BCUT2D eigenvalue weighted by molar-refractivity contribution is 0.0169. The minimum absolute atomic E-state index is 0. The fourth-order valence-corrected chi connectivity index (χ4v) is 3.54. The fraction of sp³-hybridized carbons (Fsp3) is 0.524. The number of morpholine rings is 1. The Morgan fingerprint density at radius 3 is 2.61 bits per heavy atom. The van der Waals surface area contributed by atoms with Crippen molar-refractivity contribution in [1.82, 2.24) is 25.3 Å². The molecule has 10 heteroatoms. The number of hydrogen-bond acceptors (Lipinski definition) is 6. The first kappa shape index (κ1) is 25.2. The van der Waals surface area contributed by atoms with Crippen LogP contribution in [0.5, 0.6) is 11.5 Å². The van der Waals surface area contributed by atoms with Crippen LogP contribution >= 0.6 is 24.0 Å². The number of rotatable bonds is 9. The third kappa shape index (κ3) is 7.25. The van der Waals surface area contributed by atoms with E-state index in [2.05, 4.69) is 37.8 Å². The summed E-state index contributed by atoms with van der Waals surface area (Å²) in [6.07, 6.45) is 3.73. The SMILES string of the molecule is CN=C(NCCn1cccn1)NCC(c1ccc(OC)c(OC)c1)N1CCOCC1.I. The molecule has 2 N–H and O–H groups in total. The van der Waals surface area contributed by atoms with E-state index in [0.717, 1.165) is 62.4 Å². The van der Waals surface area contributed by atoms with Gasteiger partial charge in [-0.1, -0.05) is 6.07 Å². The number of benzene rings is 1.